The largest absolute Gasteiger partial charge is 0.508 e. The van der Waals surface area contributed by atoms with Crippen molar-refractivity contribution in [2.24, 2.45) is 0 Å². The summed E-state index contributed by atoms with van der Waals surface area (Å²) in [5.41, 5.74) is 2.56. The molecular formula is C15H22N2O. The topological polar surface area (TPSA) is 37.2 Å². The maximum atomic E-state index is 9.56. The number of benzene rings is 1. The Morgan fingerprint density at radius 2 is 2.06 bits per heavy atom. The monoisotopic (exact) mass is 246 g/mol. The molecule has 2 rings (SSSR count). The van der Waals surface area contributed by atoms with E-state index in [-0.39, 0.29) is 0 Å². The molecule has 0 fully saturated rings. The molecule has 0 amide bonds. The average Bonchev–Trinajstić information content (AvgIpc) is 2.66. The summed E-state index contributed by atoms with van der Waals surface area (Å²) in [6.07, 6.45) is 2.19. The number of hydrogen-bond acceptors (Lipinski definition) is 2. The quantitative estimate of drug-likeness (QED) is 0.796. The van der Waals surface area contributed by atoms with E-state index in [9.17, 15) is 5.11 Å². The molecule has 98 valence electrons. The maximum Gasteiger partial charge on any atom is 0.116 e. The van der Waals surface area contributed by atoms with E-state index in [4.69, 9.17) is 0 Å². The fourth-order valence-electron chi connectivity index (χ4n) is 2.53. The van der Waals surface area contributed by atoms with Crippen LogP contribution < -0.4 is 5.32 Å². The van der Waals surface area contributed by atoms with Gasteiger partial charge < -0.3 is 15.0 Å². The summed E-state index contributed by atoms with van der Waals surface area (Å²) in [6, 6.07) is 8.25. The minimum atomic E-state index is 0.338. The molecular weight excluding hydrogens is 224 g/mol. The number of rotatable bonds is 5. The second kappa shape index (κ2) is 5.44. The zero-order valence-electron chi connectivity index (χ0n) is 11.4. The van der Waals surface area contributed by atoms with Gasteiger partial charge in [0.05, 0.1) is 0 Å². The predicted octanol–water partition coefficient (Wildman–Crippen LogP) is 3.08. The van der Waals surface area contributed by atoms with Gasteiger partial charge in [0.25, 0.3) is 0 Å². The van der Waals surface area contributed by atoms with Crippen LogP contribution in [0.2, 0.25) is 0 Å². The third kappa shape index (κ3) is 2.51. The Morgan fingerprint density at radius 3 is 2.72 bits per heavy atom. The molecule has 0 unspecified atom stereocenters. The van der Waals surface area contributed by atoms with E-state index in [0.29, 0.717) is 11.8 Å². The molecule has 0 saturated carbocycles. The van der Waals surface area contributed by atoms with Crippen LogP contribution in [0.15, 0.2) is 24.3 Å². The van der Waals surface area contributed by atoms with Crippen molar-refractivity contribution in [1.82, 2.24) is 9.88 Å². The van der Waals surface area contributed by atoms with Gasteiger partial charge in [0.15, 0.2) is 0 Å². The zero-order valence-corrected chi connectivity index (χ0v) is 11.4. The van der Waals surface area contributed by atoms with Crippen LogP contribution in [-0.4, -0.2) is 23.3 Å². The molecule has 1 aromatic heterocycles. The molecule has 0 spiro atoms. The summed E-state index contributed by atoms with van der Waals surface area (Å²) < 4.78 is 2.37. The molecule has 2 N–H and O–H groups in total. The van der Waals surface area contributed by atoms with Crippen LogP contribution in [-0.2, 0) is 6.42 Å². The maximum absolute atomic E-state index is 9.56. The summed E-state index contributed by atoms with van der Waals surface area (Å²) in [4.78, 5) is 0. The van der Waals surface area contributed by atoms with Crippen LogP contribution in [0.25, 0.3) is 10.9 Å². The Bertz CT molecular complexity index is 529. The van der Waals surface area contributed by atoms with Crippen molar-refractivity contribution < 1.29 is 5.11 Å². The minimum absolute atomic E-state index is 0.338. The highest BCUT2D eigenvalue weighted by molar-refractivity contribution is 5.83. The van der Waals surface area contributed by atoms with E-state index in [1.54, 1.807) is 6.07 Å². The van der Waals surface area contributed by atoms with E-state index < -0.39 is 0 Å². The number of nitrogens with one attached hydrogen (secondary N) is 1. The molecule has 1 heterocycles. The summed E-state index contributed by atoms with van der Waals surface area (Å²) in [7, 11) is 1.98. The van der Waals surface area contributed by atoms with Crippen LogP contribution in [0, 0.1) is 0 Å². The molecule has 0 saturated heterocycles. The van der Waals surface area contributed by atoms with Gasteiger partial charge in [0.2, 0.25) is 0 Å². The molecule has 3 nitrogen and oxygen atoms in total. The summed E-state index contributed by atoms with van der Waals surface area (Å²) in [5, 5.41) is 13.9. The lowest BCUT2D eigenvalue weighted by Crippen LogP contribution is -2.11. The number of phenols is 1. The predicted molar refractivity (Wildman–Crippen MR) is 76.2 cm³/mol. The molecule has 0 radical (unpaired) electrons. The second-order valence-corrected chi connectivity index (χ2v) is 5.05. The molecule has 3 heteroatoms. The molecule has 0 bridgehead atoms. The normalized spacial score (nSPS) is 11.6. The third-order valence-electron chi connectivity index (χ3n) is 3.28. The van der Waals surface area contributed by atoms with Gasteiger partial charge in [-0.1, -0.05) is 0 Å². The average molecular weight is 246 g/mol. The van der Waals surface area contributed by atoms with Crippen molar-refractivity contribution >= 4 is 10.9 Å². The molecule has 0 aliphatic heterocycles. The van der Waals surface area contributed by atoms with Crippen molar-refractivity contribution in [3.8, 4) is 5.75 Å². The smallest absolute Gasteiger partial charge is 0.116 e. The van der Waals surface area contributed by atoms with Crippen LogP contribution >= 0.6 is 0 Å². The lowest BCUT2D eigenvalue weighted by molar-refractivity contribution is 0.476. The Hall–Kier alpha value is -1.48. The fourth-order valence-corrected chi connectivity index (χ4v) is 2.53. The molecule has 2 aromatic rings. The Balaban J connectivity index is 2.41. The first-order valence-corrected chi connectivity index (χ1v) is 6.61. The first-order valence-electron chi connectivity index (χ1n) is 6.61. The van der Waals surface area contributed by atoms with Crippen LogP contribution in [0.5, 0.6) is 5.75 Å². The van der Waals surface area contributed by atoms with Crippen molar-refractivity contribution in [1.29, 1.82) is 0 Å². The molecule has 0 atom stereocenters. The van der Waals surface area contributed by atoms with E-state index in [1.807, 2.05) is 19.2 Å². The molecule has 1 aromatic carbocycles. The highest BCUT2D eigenvalue weighted by Gasteiger charge is 2.11. The van der Waals surface area contributed by atoms with Gasteiger partial charge in [-0.05, 0) is 64.5 Å². The summed E-state index contributed by atoms with van der Waals surface area (Å²) in [5.74, 6) is 0.338. The Kier molecular flexibility index (Phi) is 3.92. The number of aryl methyl sites for hydroxylation is 1. The van der Waals surface area contributed by atoms with Gasteiger partial charge in [0.1, 0.15) is 5.75 Å². The van der Waals surface area contributed by atoms with Gasteiger partial charge in [-0.25, -0.2) is 0 Å². The number of nitrogens with zero attached hydrogens (tertiary/aromatic N) is 1. The zero-order chi connectivity index (χ0) is 13.1. The lowest BCUT2D eigenvalue weighted by atomic mass is 10.2. The molecule has 0 aliphatic rings. The summed E-state index contributed by atoms with van der Waals surface area (Å²) >= 11 is 0. The van der Waals surface area contributed by atoms with Crippen LogP contribution in [0.1, 0.15) is 32.0 Å². The minimum Gasteiger partial charge on any atom is -0.508 e. The SMILES string of the molecule is CNCCCc1cc2cc(O)ccc2n1C(C)C. The number of phenolic OH excluding ortho intramolecular Hbond substituents is 1. The van der Waals surface area contributed by atoms with E-state index in [2.05, 4.69) is 29.8 Å². The highest BCUT2D eigenvalue weighted by Crippen LogP contribution is 2.27. The standard InChI is InChI=1S/C15H22N2O/c1-11(2)17-13(5-4-8-16-3)9-12-10-14(18)6-7-15(12)17/h6-7,9-11,16,18H,4-5,8H2,1-3H3. The van der Waals surface area contributed by atoms with E-state index in [1.165, 1.54) is 11.2 Å². The second-order valence-electron chi connectivity index (χ2n) is 5.05. The Morgan fingerprint density at radius 1 is 1.28 bits per heavy atom. The van der Waals surface area contributed by atoms with Gasteiger partial charge >= 0.3 is 0 Å². The third-order valence-corrected chi connectivity index (χ3v) is 3.28. The number of fused-ring (bicyclic) bond motifs is 1. The van der Waals surface area contributed by atoms with Crippen LogP contribution in [0.3, 0.4) is 0 Å². The van der Waals surface area contributed by atoms with E-state index >= 15 is 0 Å². The Labute approximate surface area is 108 Å². The van der Waals surface area contributed by atoms with Gasteiger partial charge in [-0.2, -0.15) is 0 Å². The first kappa shape index (κ1) is 13.0. The summed E-state index contributed by atoms with van der Waals surface area (Å²) in [6.45, 7) is 5.44. The van der Waals surface area contributed by atoms with Gasteiger partial charge in [0, 0.05) is 22.6 Å². The highest BCUT2D eigenvalue weighted by atomic mass is 16.3. The van der Waals surface area contributed by atoms with E-state index in [0.717, 1.165) is 24.8 Å². The van der Waals surface area contributed by atoms with Gasteiger partial charge in [-0.3, -0.25) is 0 Å². The molecule has 0 aliphatic carbocycles. The number of hydrogen-bond donors (Lipinski definition) is 2. The van der Waals surface area contributed by atoms with Gasteiger partial charge in [-0.15, -0.1) is 0 Å². The van der Waals surface area contributed by atoms with Crippen molar-refractivity contribution in [3.63, 3.8) is 0 Å². The fraction of sp³-hybridized carbons (Fsp3) is 0.467. The first-order chi connectivity index (χ1) is 8.63. The van der Waals surface area contributed by atoms with Crippen molar-refractivity contribution in [2.75, 3.05) is 13.6 Å². The van der Waals surface area contributed by atoms with Crippen molar-refractivity contribution in [2.45, 2.75) is 32.7 Å². The number of aromatic hydroxyl groups is 1. The lowest BCUT2D eigenvalue weighted by Gasteiger charge is -2.14. The van der Waals surface area contributed by atoms with Crippen LogP contribution in [0.4, 0.5) is 0 Å². The molecule has 18 heavy (non-hydrogen) atoms. The number of aromatic nitrogens is 1. The van der Waals surface area contributed by atoms with Crippen molar-refractivity contribution in [3.05, 3.63) is 30.0 Å².